The zero-order valence-electron chi connectivity index (χ0n) is 4.62. The number of aliphatic carboxylic acids is 1. The first-order valence-electron chi connectivity index (χ1n) is 2.32. The number of hydrogen-bond acceptors (Lipinski definition) is 3. The number of nitrogens with two attached hydrogens (primary N) is 1. The second-order valence-electron chi connectivity index (χ2n) is 1.59. The van der Waals surface area contributed by atoms with Crippen LogP contribution in [0.4, 0.5) is 0 Å². The van der Waals surface area contributed by atoms with Crippen LogP contribution in [0.25, 0.3) is 0 Å². The third-order valence-corrected chi connectivity index (χ3v) is 1.17. The molecule has 0 aliphatic rings. The highest BCUT2D eigenvalue weighted by atomic mass is 35.5. The third kappa shape index (κ3) is 2.64. The normalized spacial score (nSPS) is 16.8. The van der Waals surface area contributed by atoms with Crippen LogP contribution in [0, 0.1) is 0 Å². The summed E-state index contributed by atoms with van der Waals surface area (Å²) in [4.78, 5) is 9.96. The van der Waals surface area contributed by atoms with Gasteiger partial charge in [-0.05, 0) is 0 Å². The third-order valence-electron chi connectivity index (χ3n) is 0.858. The SMILES string of the molecule is N[C@H](C(=O)O)[C@H](O)CCl. The van der Waals surface area contributed by atoms with Crippen molar-refractivity contribution in [3.05, 3.63) is 0 Å². The lowest BCUT2D eigenvalue weighted by atomic mass is 10.2. The van der Waals surface area contributed by atoms with E-state index in [4.69, 9.17) is 27.5 Å². The molecule has 0 aliphatic carbocycles. The predicted octanol–water partition coefficient (Wildman–Crippen LogP) is -1.00. The van der Waals surface area contributed by atoms with Crippen LogP contribution in [0.15, 0.2) is 0 Å². The number of carbonyl (C=O) groups is 1. The number of alkyl halides is 1. The van der Waals surface area contributed by atoms with Crippen LogP contribution in [0.1, 0.15) is 0 Å². The molecule has 0 saturated carbocycles. The molecule has 0 radical (unpaired) electrons. The number of carboxylic acid groups (broad SMARTS) is 1. The van der Waals surface area contributed by atoms with Gasteiger partial charge in [0.2, 0.25) is 0 Å². The minimum Gasteiger partial charge on any atom is -0.480 e. The summed E-state index contributed by atoms with van der Waals surface area (Å²) in [5.41, 5.74) is 4.94. The van der Waals surface area contributed by atoms with Gasteiger partial charge in [0.15, 0.2) is 0 Å². The molecule has 0 saturated heterocycles. The van der Waals surface area contributed by atoms with E-state index in [1.807, 2.05) is 0 Å². The van der Waals surface area contributed by atoms with E-state index in [9.17, 15) is 4.79 Å². The lowest BCUT2D eigenvalue weighted by Crippen LogP contribution is -2.42. The quantitative estimate of drug-likeness (QED) is 0.454. The Morgan fingerprint density at radius 2 is 2.22 bits per heavy atom. The Morgan fingerprint density at radius 3 is 2.33 bits per heavy atom. The van der Waals surface area contributed by atoms with Crippen LogP contribution >= 0.6 is 11.6 Å². The summed E-state index contributed by atoms with van der Waals surface area (Å²) in [5.74, 6) is -1.41. The Bertz CT molecular complexity index is 108. The maximum atomic E-state index is 9.96. The van der Waals surface area contributed by atoms with Crippen LogP contribution in [0.5, 0.6) is 0 Å². The summed E-state index contributed by atoms with van der Waals surface area (Å²) in [6.07, 6.45) is -1.16. The van der Waals surface area contributed by atoms with E-state index in [-0.39, 0.29) is 5.88 Å². The maximum absolute atomic E-state index is 9.96. The van der Waals surface area contributed by atoms with E-state index in [1.54, 1.807) is 0 Å². The van der Waals surface area contributed by atoms with Gasteiger partial charge in [-0.2, -0.15) is 0 Å². The first kappa shape index (κ1) is 8.68. The van der Waals surface area contributed by atoms with Crippen molar-refractivity contribution in [3.8, 4) is 0 Å². The lowest BCUT2D eigenvalue weighted by Gasteiger charge is -2.09. The number of halogens is 1. The molecule has 0 rings (SSSR count). The Balaban J connectivity index is 3.72. The number of aliphatic hydroxyl groups is 1. The van der Waals surface area contributed by atoms with Gasteiger partial charge in [-0.3, -0.25) is 4.79 Å². The topological polar surface area (TPSA) is 83.6 Å². The van der Waals surface area contributed by atoms with E-state index < -0.39 is 18.1 Å². The molecular weight excluding hydrogens is 146 g/mol. The molecule has 4 N–H and O–H groups in total. The minimum absolute atomic E-state index is 0.159. The summed E-state index contributed by atoms with van der Waals surface area (Å²) in [6, 6.07) is -1.28. The standard InChI is InChI=1S/C4H8ClNO3/c5-1-2(7)3(6)4(8)9/h2-3,7H,1,6H2,(H,8,9)/t2-,3+/m1/s1. The smallest absolute Gasteiger partial charge is 0.323 e. The van der Waals surface area contributed by atoms with Gasteiger partial charge in [0.25, 0.3) is 0 Å². The average molecular weight is 154 g/mol. The molecule has 54 valence electrons. The molecule has 5 heteroatoms. The van der Waals surface area contributed by atoms with Crippen molar-refractivity contribution < 1.29 is 15.0 Å². The van der Waals surface area contributed by atoms with Gasteiger partial charge < -0.3 is 15.9 Å². The van der Waals surface area contributed by atoms with Crippen molar-refractivity contribution in [3.63, 3.8) is 0 Å². The van der Waals surface area contributed by atoms with Gasteiger partial charge in [0.05, 0.1) is 12.0 Å². The maximum Gasteiger partial charge on any atom is 0.323 e. The molecule has 0 heterocycles. The van der Waals surface area contributed by atoms with E-state index in [0.29, 0.717) is 0 Å². The monoisotopic (exact) mass is 153 g/mol. The molecule has 0 aromatic carbocycles. The largest absolute Gasteiger partial charge is 0.480 e. The average Bonchev–Trinajstić information content (AvgIpc) is 1.84. The van der Waals surface area contributed by atoms with E-state index in [1.165, 1.54) is 0 Å². The molecule has 9 heavy (non-hydrogen) atoms. The summed E-state index contributed by atoms with van der Waals surface area (Å²) >= 11 is 5.10. The lowest BCUT2D eigenvalue weighted by molar-refractivity contribution is -0.140. The van der Waals surface area contributed by atoms with E-state index in [2.05, 4.69) is 0 Å². The van der Waals surface area contributed by atoms with Crippen molar-refractivity contribution >= 4 is 17.6 Å². The van der Waals surface area contributed by atoms with Gasteiger partial charge in [0.1, 0.15) is 6.04 Å². The molecule has 0 spiro atoms. The first-order chi connectivity index (χ1) is 4.09. The summed E-state index contributed by atoms with van der Waals surface area (Å²) in [6.45, 7) is 0. The second-order valence-corrected chi connectivity index (χ2v) is 1.89. The van der Waals surface area contributed by atoms with Crippen molar-refractivity contribution in [1.29, 1.82) is 0 Å². The molecule has 0 aromatic rings. The summed E-state index contributed by atoms with van der Waals surface area (Å²) in [5, 5.41) is 16.8. The molecule has 0 unspecified atom stereocenters. The van der Waals surface area contributed by atoms with Crippen molar-refractivity contribution in [1.82, 2.24) is 0 Å². The highest BCUT2D eigenvalue weighted by Crippen LogP contribution is 1.92. The number of hydrogen-bond donors (Lipinski definition) is 3. The second kappa shape index (κ2) is 3.66. The van der Waals surface area contributed by atoms with Gasteiger partial charge in [-0.25, -0.2) is 0 Å². The zero-order chi connectivity index (χ0) is 7.44. The number of carboxylic acids is 1. The fraction of sp³-hybridized carbons (Fsp3) is 0.750. The van der Waals surface area contributed by atoms with Crippen molar-refractivity contribution in [2.45, 2.75) is 12.1 Å². The van der Waals surface area contributed by atoms with Gasteiger partial charge in [0, 0.05) is 0 Å². The predicted molar refractivity (Wildman–Crippen MR) is 32.3 cm³/mol. The number of aliphatic hydroxyl groups excluding tert-OH is 1. The Kier molecular flexibility index (Phi) is 3.53. The van der Waals surface area contributed by atoms with Gasteiger partial charge in [-0.1, -0.05) is 0 Å². The highest BCUT2D eigenvalue weighted by molar-refractivity contribution is 6.18. The fourth-order valence-corrected chi connectivity index (χ4v) is 0.453. The van der Waals surface area contributed by atoms with Crippen LogP contribution in [-0.4, -0.2) is 34.2 Å². The summed E-state index contributed by atoms with van der Waals surface area (Å²) < 4.78 is 0. The van der Waals surface area contributed by atoms with Gasteiger partial charge in [-0.15, -0.1) is 11.6 Å². The Labute approximate surface area is 57.2 Å². The van der Waals surface area contributed by atoms with E-state index >= 15 is 0 Å². The van der Waals surface area contributed by atoms with E-state index in [0.717, 1.165) is 0 Å². The number of rotatable bonds is 3. The van der Waals surface area contributed by atoms with Crippen LogP contribution in [0.2, 0.25) is 0 Å². The molecular formula is C4H8ClNO3. The molecule has 0 fully saturated rings. The zero-order valence-corrected chi connectivity index (χ0v) is 5.38. The molecule has 0 bridgehead atoms. The van der Waals surface area contributed by atoms with Crippen molar-refractivity contribution in [2.24, 2.45) is 5.73 Å². The molecule has 2 atom stereocenters. The Hall–Kier alpha value is -0.320. The first-order valence-corrected chi connectivity index (χ1v) is 2.85. The fourth-order valence-electron chi connectivity index (χ4n) is 0.261. The Morgan fingerprint density at radius 1 is 1.78 bits per heavy atom. The molecule has 0 aliphatic heterocycles. The molecule has 4 nitrogen and oxygen atoms in total. The van der Waals surface area contributed by atoms with Crippen LogP contribution < -0.4 is 5.73 Å². The molecule has 0 amide bonds. The van der Waals surface area contributed by atoms with Crippen molar-refractivity contribution in [2.75, 3.05) is 5.88 Å². The summed E-state index contributed by atoms with van der Waals surface area (Å²) in [7, 11) is 0. The highest BCUT2D eigenvalue weighted by Gasteiger charge is 2.20. The van der Waals surface area contributed by atoms with Gasteiger partial charge >= 0.3 is 5.97 Å². The molecule has 0 aromatic heterocycles. The minimum atomic E-state index is -1.28. The van der Waals surface area contributed by atoms with Crippen LogP contribution in [0.3, 0.4) is 0 Å². The van der Waals surface area contributed by atoms with Crippen LogP contribution in [-0.2, 0) is 4.79 Å².